The fraction of sp³-hybridized carbons (Fsp3) is 0. The van der Waals surface area contributed by atoms with Crippen molar-refractivity contribution >= 4 is 58.5 Å². The zero-order valence-corrected chi connectivity index (χ0v) is 18.0. The van der Waals surface area contributed by atoms with Gasteiger partial charge in [-0.25, -0.2) is 0 Å². The van der Waals surface area contributed by atoms with Crippen LogP contribution in [-0.4, -0.2) is 46.0 Å². The van der Waals surface area contributed by atoms with Crippen LogP contribution in [0, 0.1) is 0 Å². The molecular formula is C20H14N4O7S2. The van der Waals surface area contributed by atoms with Crippen LogP contribution in [0.1, 0.15) is 0 Å². The fourth-order valence-electron chi connectivity index (χ4n) is 3.66. The SMILES string of the molecule is Nc1c(S(=O)(=O)O)cc2cc(-n3nc4ccc5cc(S(=O)(=O)O)ccc5c4n3)ccc2c1O. The van der Waals surface area contributed by atoms with Gasteiger partial charge < -0.3 is 10.8 Å². The minimum atomic E-state index is -4.67. The predicted molar refractivity (Wildman–Crippen MR) is 120 cm³/mol. The summed E-state index contributed by atoms with van der Waals surface area (Å²) in [6.45, 7) is 0. The molecule has 0 saturated heterocycles. The molecule has 4 aromatic carbocycles. The molecule has 33 heavy (non-hydrogen) atoms. The zero-order chi connectivity index (χ0) is 23.7. The molecule has 0 aliphatic carbocycles. The number of aromatic nitrogens is 3. The number of benzene rings is 4. The van der Waals surface area contributed by atoms with Crippen LogP contribution in [0.25, 0.3) is 38.3 Å². The van der Waals surface area contributed by atoms with Gasteiger partial charge in [0.05, 0.1) is 16.3 Å². The Bertz CT molecular complexity index is 1850. The van der Waals surface area contributed by atoms with Crippen molar-refractivity contribution < 1.29 is 31.0 Å². The molecule has 5 N–H and O–H groups in total. The maximum atomic E-state index is 11.6. The summed E-state index contributed by atoms with van der Waals surface area (Å²) in [4.78, 5) is 0.426. The maximum absolute atomic E-state index is 11.6. The van der Waals surface area contributed by atoms with E-state index in [1.54, 1.807) is 18.2 Å². The highest BCUT2D eigenvalue weighted by atomic mass is 32.2. The summed E-state index contributed by atoms with van der Waals surface area (Å²) >= 11 is 0. The van der Waals surface area contributed by atoms with Gasteiger partial charge in [-0.15, -0.1) is 10.2 Å². The van der Waals surface area contributed by atoms with Gasteiger partial charge in [0, 0.05) is 10.8 Å². The van der Waals surface area contributed by atoms with E-state index in [1.807, 2.05) is 0 Å². The normalized spacial score (nSPS) is 12.7. The standard InChI is InChI=1S/C20H14N4O7S2/c21-18-17(33(29,30)31)9-11-7-12(2-4-15(11)20(18)25)24-22-16-6-1-10-8-13(32(26,27)28)3-5-14(10)19(16)23-24/h1-9,25H,21H2,(H,26,27,28)(H,29,30,31). The number of nitrogens with two attached hydrogens (primary N) is 1. The van der Waals surface area contributed by atoms with Gasteiger partial charge >= 0.3 is 0 Å². The number of hydrogen-bond donors (Lipinski definition) is 4. The van der Waals surface area contributed by atoms with Crippen LogP contribution < -0.4 is 5.73 Å². The first kappa shape index (κ1) is 21.1. The molecule has 0 atom stereocenters. The van der Waals surface area contributed by atoms with Crippen molar-refractivity contribution in [2.24, 2.45) is 0 Å². The molecule has 0 amide bonds. The minimum Gasteiger partial charge on any atom is -0.505 e. The predicted octanol–water partition coefficient (Wildman–Crippen LogP) is 2.51. The second-order valence-electron chi connectivity index (χ2n) is 7.30. The van der Waals surface area contributed by atoms with Crippen molar-refractivity contribution in [3.63, 3.8) is 0 Å². The maximum Gasteiger partial charge on any atom is 0.296 e. The molecule has 13 heteroatoms. The Morgan fingerprint density at radius 1 is 0.788 bits per heavy atom. The first-order valence-corrected chi connectivity index (χ1v) is 12.1. The molecule has 1 heterocycles. The Labute approximate surface area is 186 Å². The van der Waals surface area contributed by atoms with Crippen LogP contribution in [0.4, 0.5) is 5.69 Å². The number of rotatable bonds is 3. The summed E-state index contributed by atoms with van der Waals surface area (Å²) in [5.74, 6) is -0.481. The summed E-state index contributed by atoms with van der Waals surface area (Å²) in [5.41, 5.74) is 6.58. The van der Waals surface area contributed by atoms with E-state index in [1.165, 1.54) is 35.1 Å². The van der Waals surface area contributed by atoms with Gasteiger partial charge in [0.2, 0.25) is 0 Å². The molecule has 0 aliphatic heterocycles. The Morgan fingerprint density at radius 3 is 2.21 bits per heavy atom. The van der Waals surface area contributed by atoms with Crippen LogP contribution in [-0.2, 0) is 20.2 Å². The van der Waals surface area contributed by atoms with Gasteiger partial charge in [-0.2, -0.15) is 21.6 Å². The number of nitrogens with zero attached hydrogens (tertiary/aromatic N) is 3. The van der Waals surface area contributed by atoms with Crippen LogP contribution in [0.15, 0.2) is 64.4 Å². The van der Waals surface area contributed by atoms with Crippen molar-refractivity contribution in [1.82, 2.24) is 15.0 Å². The number of aromatic hydroxyl groups is 1. The van der Waals surface area contributed by atoms with E-state index in [9.17, 15) is 31.0 Å². The quantitative estimate of drug-likeness (QED) is 0.168. The molecule has 5 rings (SSSR count). The molecule has 0 saturated carbocycles. The number of nitrogen functional groups attached to an aromatic ring is 1. The lowest BCUT2D eigenvalue weighted by atomic mass is 10.1. The van der Waals surface area contributed by atoms with Gasteiger partial charge in [0.15, 0.2) is 0 Å². The summed E-state index contributed by atoms with van der Waals surface area (Å²) in [7, 11) is -9.03. The number of phenolic OH excluding ortho intramolecular Hbond substituents is 1. The molecule has 0 fully saturated rings. The van der Waals surface area contributed by atoms with E-state index in [0.29, 0.717) is 27.5 Å². The van der Waals surface area contributed by atoms with Crippen molar-refractivity contribution in [2.45, 2.75) is 9.79 Å². The molecule has 1 aromatic heterocycles. The van der Waals surface area contributed by atoms with E-state index >= 15 is 0 Å². The molecular weight excluding hydrogens is 472 g/mol. The van der Waals surface area contributed by atoms with Gasteiger partial charge in [-0.1, -0.05) is 12.1 Å². The third-order valence-electron chi connectivity index (χ3n) is 5.24. The second kappa shape index (κ2) is 6.86. The molecule has 168 valence electrons. The van der Waals surface area contributed by atoms with E-state index in [-0.39, 0.29) is 15.7 Å². The first-order valence-electron chi connectivity index (χ1n) is 9.24. The lowest BCUT2D eigenvalue weighted by molar-refractivity contribution is 0.473. The fourth-order valence-corrected chi connectivity index (χ4v) is 4.83. The highest BCUT2D eigenvalue weighted by Gasteiger charge is 2.20. The minimum absolute atomic E-state index is 0.245. The summed E-state index contributed by atoms with van der Waals surface area (Å²) < 4.78 is 64.7. The first-order chi connectivity index (χ1) is 15.4. The van der Waals surface area contributed by atoms with Crippen molar-refractivity contribution in [3.05, 3.63) is 54.6 Å². The van der Waals surface area contributed by atoms with E-state index in [2.05, 4.69) is 10.2 Å². The molecule has 0 spiro atoms. The van der Waals surface area contributed by atoms with Crippen LogP contribution in [0.3, 0.4) is 0 Å². The average molecular weight is 486 g/mol. The van der Waals surface area contributed by atoms with Gasteiger partial charge in [-0.3, -0.25) is 9.11 Å². The van der Waals surface area contributed by atoms with Gasteiger partial charge in [0.25, 0.3) is 20.2 Å². The van der Waals surface area contributed by atoms with E-state index in [0.717, 1.165) is 6.07 Å². The highest BCUT2D eigenvalue weighted by molar-refractivity contribution is 7.86. The lowest BCUT2D eigenvalue weighted by Gasteiger charge is -2.10. The molecule has 11 nitrogen and oxygen atoms in total. The largest absolute Gasteiger partial charge is 0.505 e. The number of anilines is 1. The number of phenols is 1. The monoisotopic (exact) mass is 486 g/mol. The van der Waals surface area contributed by atoms with Crippen molar-refractivity contribution in [1.29, 1.82) is 0 Å². The van der Waals surface area contributed by atoms with Crippen LogP contribution in [0.5, 0.6) is 5.75 Å². The third-order valence-corrected chi connectivity index (χ3v) is 6.99. The van der Waals surface area contributed by atoms with E-state index < -0.39 is 36.6 Å². The summed E-state index contributed by atoms with van der Waals surface area (Å²) in [5, 5.41) is 20.8. The molecule has 0 unspecified atom stereocenters. The van der Waals surface area contributed by atoms with Crippen LogP contribution >= 0.6 is 0 Å². The van der Waals surface area contributed by atoms with Crippen LogP contribution in [0.2, 0.25) is 0 Å². The number of hydrogen-bond acceptors (Lipinski definition) is 8. The van der Waals surface area contributed by atoms with Gasteiger partial charge in [0.1, 0.15) is 21.7 Å². The zero-order valence-electron chi connectivity index (χ0n) is 16.4. The third kappa shape index (κ3) is 3.43. The average Bonchev–Trinajstić information content (AvgIpc) is 3.19. The lowest BCUT2D eigenvalue weighted by Crippen LogP contribution is -2.04. The topological polar surface area (TPSA) is 186 Å². The second-order valence-corrected chi connectivity index (χ2v) is 10.1. The molecule has 0 bridgehead atoms. The Kier molecular flexibility index (Phi) is 4.38. The van der Waals surface area contributed by atoms with Crippen molar-refractivity contribution in [3.8, 4) is 11.4 Å². The molecule has 0 radical (unpaired) electrons. The summed E-state index contributed by atoms with van der Waals surface area (Å²) in [6.07, 6.45) is 0. The Hall–Kier alpha value is -3.78. The van der Waals surface area contributed by atoms with E-state index in [4.69, 9.17) is 5.73 Å². The smallest absolute Gasteiger partial charge is 0.296 e. The highest BCUT2D eigenvalue weighted by Crippen LogP contribution is 2.37. The molecule has 5 aromatic rings. The number of fused-ring (bicyclic) bond motifs is 4. The Balaban J connectivity index is 1.70. The summed E-state index contributed by atoms with van der Waals surface area (Å²) in [6, 6.07) is 13.1. The molecule has 0 aliphatic rings. The van der Waals surface area contributed by atoms with Gasteiger partial charge in [-0.05, 0) is 53.2 Å². The van der Waals surface area contributed by atoms with Crippen molar-refractivity contribution in [2.75, 3.05) is 5.73 Å². The Morgan fingerprint density at radius 2 is 1.52 bits per heavy atom.